The molecule has 3 heterocycles. The van der Waals surface area contributed by atoms with Gasteiger partial charge >= 0.3 is 6.09 Å². The van der Waals surface area contributed by atoms with Crippen molar-refractivity contribution in [3.63, 3.8) is 0 Å². The van der Waals surface area contributed by atoms with Crippen LogP contribution in [0.4, 0.5) is 4.79 Å². The first-order chi connectivity index (χ1) is 14.0. The highest BCUT2D eigenvalue weighted by atomic mass is 35.5. The third-order valence-electron chi connectivity index (χ3n) is 4.38. The van der Waals surface area contributed by atoms with Gasteiger partial charge in [-0.3, -0.25) is 4.98 Å². The number of hydrogen-bond acceptors (Lipinski definition) is 7. The molecule has 30 heavy (non-hydrogen) atoms. The smallest absolute Gasteiger partial charge is 0.410 e. The quantitative estimate of drug-likeness (QED) is 0.666. The van der Waals surface area contributed by atoms with Crippen LogP contribution in [0.2, 0.25) is 5.15 Å². The molecule has 1 aliphatic rings. The van der Waals surface area contributed by atoms with Crippen LogP contribution < -0.4 is 9.47 Å². The second kappa shape index (κ2) is 8.43. The fourth-order valence-electron chi connectivity index (χ4n) is 3.38. The largest absolute Gasteiger partial charge is 0.496 e. The number of nitrogens with zero attached hydrogens (tertiary/aromatic N) is 3. The molecule has 0 aliphatic carbocycles. The van der Waals surface area contributed by atoms with E-state index in [1.807, 2.05) is 34.6 Å². The average molecular weight is 438 g/mol. The minimum Gasteiger partial charge on any atom is -0.496 e. The second-order valence-corrected chi connectivity index (χ2v) is 9.22. The molecule has 0 N–H and O–H groups in total. The van der Waals surface area contributed by atoms with Crippen LogP contribution in [-0.2, 0) is 9.47 Å². The fourth-order valence-corrected chi connectivity index (χ4v) is 3.56. The van der Waals surface area contributed by atoms with E-state index in [0.717, 1.165) is 0 Å². The molecule has 0 spiro atoms. The molecule has 164 valence electrons. The van der Waals surface area contributed by atoms with Crippen molar-refractivity contribution in [2.75, 3.05) is 26.8 Å². The normalized spacial score (nSPS) is 18.9. The summed E-state index contributed by atoms with van der Waals surface area (Å²) in [5.74, 6) is 0.887. The maximum Gasteiger partial charge on any atom is 0.410 e. The van der Waals surface area contributed by atoms with Crippen LogP contribution in [0.15, 0.2) is 18.3 Å². The SMILES string of the molecule is COc1ccnc2cc(Cl)nc(OC[C@@H]3CN(C(=O)OC(C)(C)C)CC(C)(C)O3)c12. The first-order valence-corrected chi connectivity index (χ1v) is 10.1. The van der Waals surface area contributed by atoms with Gasteiger partial charge in [0, 0.05) is 12.3 Å². The zero-order valence-electron chi connectivity index (χ0n) is 18.2. The van der Waals surface area contributed by atoms with Crippen LogP contribution in [0.3, 0.4) is 0 Å². The van der Waals surface area contributed by atoms with Crippen LogP contribution in [0, 0.1) is 0 Å². The van der Waals surface area contributed by atoms with Gasteiger partial charge in [-0.2, -0.15) is 0 Å². The maximum absolute atomic E-state index is 12.6. The standard InChI is InChI=1S/C21H28ClN3O5/c1-20(2,3)30-19(26)25-10-13(29-21(4,5)12-25)11-28-18-17-14(9-16(22)24-18)23-8-7-15(17)27-6/h7-9,13H,10-12H2,1-6H3/t13-/m0/s1. The summed E-state index contributed by atoms with van der Waals surface area (Å²) in [6.07, 6.45) is 0.882. The highest BCUT2D eigenvalue weighted by Crippen LogP contribution is 2.33. The topological polar surface area (TPSA) is 83.0 Å². The predicted molar refractivity (Wildman–Crippen MR) is 113 cm³/mol. The zero-order chi connectivity index (χ0) is 22.1. The number of halogens is 1. The first kappa shape index (κ1) is 22.4. The molecule has 1 atom stereocenters. The third-order valence-corrected chi connectivity index (χ3v) is 4.57. The third kappa shape index (κ3) is 5.43. The second-order valence-electron chi connectivity index (χ2n) is 8.83. The molecule has 0 saturated carbocycles. The molecule has 0 bridgehead atoms. The first-order valence-electron chi connectivity index (χ1n) is 9.75. The van der Waals surface area contributed by atoms with Crippen LogP contribution in [0.25, 0.3) is 10.9 Å². The van der Waals surface area contributed by atoms with Gasteiger partial charge in [0.05, 0.1) is 31.3 Å². The summed E-state index contributed by atoms with van der Waals surface area (Å²) in [6, 6.07) is 3.38. The highest BCUT2D eigenvalue weighted by Gasteiger charge is 2.37. The summed E-state index contributed by atoms with van der Waals surface area (Å²) in [5, 5.41) is 0.891. The van der Waals surface area contributed by atoms with E-state index in [1.165, 1.54) is 0 Å². The molecule has 9 heteroatoms. The monoisotopic (exact) mass is 437 g/mol. The van der Waals surface area contributed by atoms with Crippen LogP contribution >= 0.6 is 11.6 Å². The number of morpholine rings is 1. The number of amides is 1. The molecule has 1 aliphatic heterocycles. The summed E-state index contributed by atoms with van der Waals surface area (Å²) in [4.78, 5) is 22.8. The van der Waals surface area contributed by atoms with E-state index in [9.17, 15) is 4.79 Å². The summed E-state index contributed by atoms with van der Waals surface area (Å²) >= 11 is 6.14. The summed E-state index contributed by atoms with van der Waals surface area (Å²) in [6.45, 7) is 10.3. The number of ether oxygens (including phenoxy) is 4. The molecule has 2 aromatic heterocycles. The molecule has 8 nitrogen and oxygen atoms in total. The molecular weight excluding hydrogens is 410 g/mol. The summed E-state index contributed by atoms with van der Waals surface area (Å²) in [5.41, 5.74) is -0.505. The summed E-state index contributed by atoms with van der Waals surface area (Å²) in [7, 11) is 1.57. The average Bonchev–Trinajstić information content (AvgIpc) is 2.62. The fraction of sp³-hybridized carbons (Fsp3) is 0.571. The number of rotatable bonds is 4. The van der Waals surface area contributed by atoms with Crippen molar-refractivity contribution in [3.8, 4) is 11.6 Å². The molecule has 1 fully saturated rings. The van der Waals surface area contributed by atoms with Gasteiger partial charge in [-0.1, -0.05) is 11.6 Å². The molecule has 2 aromatic rings. The zero-order valence-corrected chi connectivity index (χ0v) is 18.9. The van der Waals surface area contributed by atoms with Crippen molar-refractivity contribution < 1.29 is 23.7 Å². The van der Waals surface area contributed by atoms with Gasteiger partial charge in [0.1, 0.15) is 34.6 Å². The number of hydrogen-bond donors (Lipinski definition) is 0. The minimum atomic E-state index is -0.571. The maximum atomic E-state index is 12.6. The molecule has 0 radical (unpaired) electrons. The molecule has 1 saturated heterocycles. The van der Waals surface area contributed by atoms with Gasteiger partial charge in [-0.05, 0) is 40.7 Å². The number of fused-ring (bicyclic) bond motifs is 1. The van der Waals surface area contributed by atoms with Gasteiger partial charge in [0.2, 0.25) is 5.88 Å². The molecule has 1 amide bonds. The van der Waals surface area contributed by atoms with E-state index in [2.05, 4.69) is 9.97 Å². The Balaban J connectivity index is 1.79. The Morgan fingerprint density at radius 1 is 1.40 bits per heavy atom. The number of aromatic nitrogens is 2. The molecule has 3 rings (SSSR count). The Morgan fingerprint density at radius 2 is 2.13 bits per heavy atom. The highest BCUT2D eigenvalue weighted by molar-refractivity contribution is 6.30. The summed E-state index contributed by atoms with van der Waals surface area (Å²) < 4.78 is 23.1. The Morgan fingerprint density at radius 3 is 2.80 bits per heavy atom. The van der Waals surface area contributed by atoms with E-state index in [1.54, 1.807) is 30.3 Å². The van der Waals surface area contributed by atoms with Crippen molar-refractivity contribution in [2.24, 2.45) is 0 Å². The van der Waals surface area contributed by atoms with Gasteiger partial charge in [0.15, 0.2) is 0 Å². The van der Waals surface area contributed by atoms with E-state index in [4.69, 9.17) is 30.5 Å². The van der Waals surface area contributed by atoms with Crippen LogP contribution in [0.5, 0.6) is 11.6 Å². The lowest BCUT2D eigenvalue weighted by molar-refractivity contribution is -0.143. The number of methoxy groups -OCH3 is 1. The Kier molecular flexibility index (Phi) is 6.29. The van der Waals surface area contributed by atoms with Gasteiger partial charge in [-0.25, -0.2) is 9.78 Å². The number of carbonyl (C=O) groups excluding carboxylic acids is 1. The van der Waals surface area contributed by atoms with Crippen molar-refractivity contribution in [1.82, 2.24) is 14.9 Å². The van der Waals surface area contributed by atoms with Crippen molar-refractivity contribution >= 4 is 28.6 Å². The van der Waals surface area contributed by atoms with Gasteiger partial charge in [-0.15, -0.1) is 0 Å². The van der Waals surface area contributed by atoms with Gasteiger partial charge in [0.25, 0.3) is 0 Å². The van der Waals surface area contributed by atoms with Crippen molar-refractivity contribution in [2.45, 2.75) is 51.9 Å². The predicted octanol–water partition coefficient (Wildman–Crippen LogP) is 4.09. The Labute approximate surface area is 181 Å². The van der Waals surface area contributed by atoms with Crippen molar-refractivity contribution in [3.05, 3.63) is 23.5 Å². The Bertz CT molecular complexity index is 929. The molecular formula is C21H28ClN3O5. The van der Waals surface area contributed by atoms with E-state index >= 15 is 0 Å². The van der Waals surface area contributed by atoms with Crippen LogP contribution in [0.1, 0.15) is 34.6 Å². The minimum absolute atomic E-state index is 0.170. The molecule has 0 aromatic carbocycles. The lowest BCUT2D eigenvalue weighted by Gasteiger charge is -2.42. The molecule has 0 unspecified atom stereocenters. The lowest BCUT2D eigenvalue weighted by atomic mass is 10.1. The van der Waals surface area contributed by atoms with Crippen molar-refractivity contribution in [1.29, 1.82) is 0 Å². The van der Waals surface area contributed by atoms with Crippen LogP contribution in [-0.4, -0.2) is 65.1 Å². The number of carbonyl (C=O) groups is 1. The van der Waals surface area contributed by atoms with E-state index in [-0.39, 0.29) is 24.0 Å². The number of pyridine rings is 2. The van der Waals surface area contributed by atoms with E-state index < -0.39 is 11.2 Å². The lowest BCUT2D eigenvalue weighted by Crippen LogP contribution is -2.56. The Hall–Kier alpha value is -2.32. The van der Waals surface area contributed by atoms with E-state index in [0.29, 0.717) is 35.6 Å². The van der Waals surface area contributed by atoms with Gasteiger partial charge < -0.3 is 23.8 Å².